The van der Waals surface area contributed by atoms with Gasteiger partial charge in [-0.3, -0.25) is 9.52 Å². The van der Waals surface area contributed by atoms with Gasteiger partial charge in [0.15, 0.2) is 11.5 Å². The third-order valence-corrected chi connectivity index (χ3v) is 7.89. The lowest BCUT2D eigenvalue weighted by molar-refractivity contribution is 0.0905. The topological polar surface area (TPSA) is 97.0 Å². The second kappa shape index (κ2) is 11.2. The molecule has 37 heavy (non-hydrogen) atoms. The van der Waals surface area contributed by atoms with E-state index in [9.17, 15) is 17.6 Å². The Balaban J connectivity index is 1.58. The first-order valence-electron chi connectivity index (χ1n) is 11.8. The molecule has 1 aliphatic heterocycles. The van der Waals surface area contributed by atoms with E-state index in [-0.39, 0.29) is 28.1 Å². The Hall–Kier alpha value is -3.63. The van der Waals surface area contributed by atoms with Crippen molar-refractivity contribution < 1.29 is 27.1 Å². The summed E-state index contributed by atoms with van der Waals surface area (Å²) < 4.78 is 52.3. The molecule has 196 valence electrons. The Morgan fingerprint density at radius 2 is 1.70 bits per heavy atom. The fourth-order valence-electron chi connectivity index (χ4n) is 4.54. The van der Waals surface area contributed by atoms with E-state index in [1.54, 1.807) is 32.4 Å². The van der Waals surface area contributed by atoms with Crippen LogP contribution in [0.2, 0.25) is 0 Å². The number of methoxy groups -OCH3 is 2. The highest BCUT2D eigenvalue weighted by atomic mass is 32.2. The van der Waals surface area contributed by atoms with Gasteiger partial charge in [-0.15, -0.1) is 0 Å². The number of halogens is 1. The second-order valence-electron chi connectivity index (χ2n) is 8.96. The van der Waals surface area contributed by atoms with Crippen molar-refractivity contribution >= 4 is 21.6 Å². The molecule has 0 saturated carbocycles. The molecule has 1 heterocycles. The maximum Gasteiger partial charge on any atom is 0.261 e. The monoisotopic (exact) mass is 527 g/mol. The number of carbonyl (C=O) groups excluding carboxylic acids is 1. The average molecular weight is 528 g/mol. The number of likely N-dealkylation sites (N-methyl/N-ethyl adjacent to an activating group) is 1. The molecule has 0 radical (unpaired) electrons. The van der Waals surface area contributed by atoms with Crippen molar-refractivity contribution in [3.63, 3.8) is 0 Å². The lowest BCUT2D eigenvalue weighted by Crippen LogP contribution is -2.48. The smallest absolute Gasteiger partial charge is 0.261 e. The van der Waals surface area contributed by atoms with E-state index in [1.165, 1.54) is 18.2 Å². The number of anilines is 1. The number of rotatable bonds is 8. The zero-order valence-corrected chi connectivity index (χ0v) is 21.7. The van der Waals surface area contributed by atoms with Gasteiger partial charge >= 0.3 is 0 Å². The summed E-state index contributed by atoms with van der Waals surface area (Å²) in [6.45, 7) is 1.52. The number of carbonyl (C=O) groups is 1. The average Bonchev–Trinajstić information content (AvgIpc) is 2.89. The predicted octanol–water partition coefficient (Wildman–Crippen LogP) is 3.86. The highest BCUT2D eigenvalue weighted by molar-refractivity contribution is 7.92. The Labute approximate surface area is 216 Å². The molecule has 4 rings (SSSR count). The number of hydrogen-bond donors (Lipinski definition) is 2. The van der Waals surface area contributed by atoms with Crippen LogP contribution in [0.25, 0.3) is 0 Å². The van der Waals surface area contributed by atoms with Crippen LogP contribution >= 0.6 is 0 Å². The Morgan fingerprint density at radius 1 is 1.00 bits per heavy atom. The number of nitrogens with zero attached hydrogens (tertiary/aromatic N) is 1. The summed E-state index contributed by atoms with van der Waals surface area (Å²) in [5.41, 5.74) is 1.33. The summed E-state index contributed by atoms with van der Waals surface area (Å²) in [6, 6.07) is 16.4. The van der Waals surface area contributed by atoms with Crippen molar-refractivity contribution in [2.75, 3.05) is 39.1 Å². The molecule has 2 atom stereocenters. The molecule has 2 N–H and O–H groups in total. The first-order chi connectivity index (χ1) is 17.7. The number of para-hydroxylation sites is 1. The van der Waals surface area contributed by atoms with Crippen molar-refractivity contribution in [2.24, 2.45) is 0 Å². The van der Waals surface area contributed by atoms with E-state index >= 15 is 0 Å². The minimum absolute atomic E-state index is 0.0226. The first-order valence-corrected chi connectivity index (χ1v) is 13.3. The molecule has 3 aromatic rings. The van der Waals surface area contributed by atoms with Gasteiger partial charge < -0.3 is 19.7 Å². The van der Waals surface area contributed by atoms with Crippen LogP contribution in [-0.4, -0.2) is 59.6 Å². The number of hydrogen-bond acceptors (Lipinski definition) is 6. The van der Waals surface area contributed by atoms with Gasteiger partial charge in [-0.1, -0.05) is 18.2 Å². The van der Waals surface area contributed by atoms with Crippen molar-refractivity contribution in [1.29, 1.82) is 0 Å². The second-order valence-corrected chi connectivity index (χ2v) is 10.6. The van der Waals surface area contributed by atoms with Gasteiger partial charge in [0, 0.05) is 18.5 Å². The molecule has 8 nitrogen and oxygen atoms in total. The molecule has 0 aromatic heterocycles. The van der Waals surface area contributed by atoms with Crippen LogP contribution in [0, 0.1) is 5.82 Å². The van der Waals surface area contributed by atoms with E-state index in [2.05, 4.69) is 14.9 Å². The summed E-state index contributed by atoms with van der Waals surface area (Å²) in [6.07, 6.45) is 0.713. The summed E-state index contributed by atoms with van der Waals surface area (Å²) in [7, 11) is 1.17. The maximum atomic E-state index is 13.4. The molecule has 0 unspecified atom stereocenters. The number of benzene rings is 3. The Kier molecular flexibility index (Phi) is 7.99. The van der Waals surface area contributed by atoms with E-state index in [0.717, 1.165) is 30.8 Å². The number of likely N-dealkylation sites (tertiary alicyclic amines) is 1. The standard InChI is InChI=1S/C27H30FN3O5S/c1-31-15-14-23(22(17-31)18-8-13-25(35-2)26(16-18)36-3)29-27(32)21-6-4-5-7-24(21)30-37(33,34)20-11-9-19(28)10-12-20/h4-13,16,22-23,30H,14-15,17H2,1-3H3,(H,29,32)/t22-,23-/m1/s1. The van der Waals surface area contributed by atoms with Crippen LogP contribution in [0.5, 0.6) is 11.5 Å². The van der Waals surface area contributed by atoms with Gasteiger partial charge in [0.1, 0.15) is 5.82 Å². The summed E-state index contributed by atoms with van der Waals surface area (Å²) in [5, 5.41) is 3.12. The zero-order chi connectivity index (χ0) is 26.6. The molecule has 1 fully saturated rings. The minimum Gasteiger partial charge on any atom is -0.493 e. The molecule has 10 heteroatoms. The fraction of sp³-hybridized carbons (Fsp3) is 0.296. The van der Waals surface area contributed by atoms with Crippen LogP contribution in [0.4, 0.5) is 10.1 Å². The first kappa shape index (κ1) is 26.4. The normalized spacial score (nSPS) is 18.2. The van der Waals surface area contributed by atoms with Gasteiger partial charge in [0.25, 0.3) is 15.9 Å². The quantitative estimate of drug-likeness (QED) is 0.462. The molecule has 1 aliphatic rings. The maximum absolute atomic E-state index is 13.4. The van der Waals surface area contributed by atoms with Crippen LogP contribution in [0.1, 0.15) is 28.3 Å². The molecule has 1 saturated heterocycles. The van der Waals surface area contributed by atoms with Crippen molar-refractivity contribution in [3.8, 4) is 11.5 Å². The Morgan fingerprint density at radius 3 is 2.41 bits per heavy atom. The van der Waals surface area contributed by atoms with Crippen LogP contribution in [0.3, 0.4) is 0 Å². The number of sulfonamides is 1. The number of amides is 1. The number of nitrogens with one attached hydrogen (secondary N) is 2. The third-order valence-electron chi connectivity index (χ3n) is 6.51. The van der Waals surface area contributed by atoms with Crippen molar-refractivity contribution in [2.45, 2.75) is 23.3 Å². The molecule has 0 bridgehead atoms. The van der Waals surface area contributed by atoms with Crippen molar-refractivity contribution in [1.82, 2.24) is 10.2 Å². The minimum atomic E-state index is -4.02. The van der Waals surface area contributed by atoms with Crippen LogP contribution in [-0.2, 0) is 10.0 Å². The summed E-state index contributed by atoms with van der Waals surface area (Å²) in [4.78, 5) is 15.5. The summed E-state index contributed by atoms with van der Waals surface area (Å²) >= 11 is 0. The van der Waals surface area contributed by atoms with E-state index in [1.807, 2.05) is 25.2 Å². The molecule has 0 aliphatic carbocycles. The number of ether oxygens (including phenoxy) is 2. The van der Waals surface area contributed by atoms with E-state index < -0.39 is 21.7 Å². The number of piperidine rings is 1. The lowest BCUT2D eigenvalue weighted by Gasteiger charge is -2.37. The highest BCUT2D eigenvalue weighted by Crippen LogP contribution is 2.34. The third kappa shape index (κ3) is 6.03. The molecular formula is C27H30FN3O5S. The SMILES string of the molecule is COc1ccc([C@H]2CN(C)CC[C@H]2NC(=O)c2ccccc2NS(=O)(=O)c2ccc(F)cc2)cc1OC. The molecule has 0 spiro atoms. The summed E-state index contributed by atoms with van der Waals surface area (Å²) in [5.74, 6) is 0.279. The zero-order valence-electron chi connectivity index (χ0n) is 20.9. The van der Waals surface area contributed by atoms with Gasteiger partial charge in [-0.2, -0.15) is 0 Å². The van der Waals surface area contributed by atoms with Gasteiger partial charge in [0.2, 0.25) is 0 Å². The largest absolute Gasteiger partial charge is 0.493 e. The van der Waals surface area contributed by atoms with Gasteiger partial charge in [-0.25, -0.2) is 12.8 Å². The van der Waals surface area contributed by atoms with Gasteiger partial charge in [0.05, 0.1) is 30.4 Å². The van der Waals surface area contributed by atoms with Crippen molar-refractivity contribution in [3.05, 3.63) is 83.7 Å². The molecular weight excluding hydrogens is 497 g/mol. The fourth-order valence-corrected chi connectivity index (χ4v) is 5.62. The highest BCUT2D eigenvalue weighted by Gasteiger charge is 2.31. The predicted molar refractivity (Wildman–Crippen MR) is 139 cm³/mol. The van der Waals surface area contributed by atoms with Crippen LogP contribution < -0.4 is 19.5 Å². The van der Waals surface area contributed by atoms with E-state index in [0.29, 0.717) is 17.9 Å². The molecule has 3 aromatic carbocycles. The van der Waals surface area contributed by atoms with Gasteiger partial charge in [-0.05, 0) is 74.1 Å². The lowest BCUT2D eigenvalue weighted by atomic mass is 9.85. The van der Waals surface area contributed by atoms with E-state index in [4.69, 9.17) is 9.47 Å². The van der Waals surface area contributed by atoms with Crippen LogP contribution in [0.15, 0.2) is 71.6 Å². The molecule has 1 amide bonds. The Bertz CT molecular complexity index is 1360.